The molecule has 0 spiro atoms. The zero-order chi connectivity index (χ0) is 16.0. The predicted molar refractivity (Wildman–Crippen MR) is 80.3 cm³/mol. The molecule has 2 aromatic heterocycles. The monoisotopic (exact) mass is 315 g/mol. The average molecular weight is 315 g/mol. The molecule has 3 aromatic rings. The summed E-state index contributed by atoms with van der Waals surface area (Å²) in [4.78, 5) is 19.4. The number of H-pyrrole nitrogens is 1. The quantitative estimate of drug-likeness (QED) is 0.713. The van der Waals surface area contributed by atoms with Crippen molar-refractivity contribution in [2.75, 3.05) is 19.1 Å². The molecule has 0 saturated heterocycles. The van der Waals surface area contributed by atoms with Crippen LogP contribution in [0, 0.1) is 0 Å². The second kappa shape index (κ2) is 4.94. The van der Waals surface area contributed by atoms with Crippen LogP contribution >= 0.6 is 0 Å². The largest absolute Gasteiger partial charge is 0.461 e. The first-order valence-electron chi connectivity index (χ1n) is 7.01. The molecule has 23 heavy (non-hydrogen) atoms. The van der Waals surface area contributed by atoms with E-state index >= 15 is 0 Å². The minimum atomic E-state index is -0.484. The summed E-state index contributed by atoms with van der Waals surface area (Å²) in [5.41, 5.74) is 7.53. The van der Waals surface area contributed by atoms with Crippen LogP contribution in [0.5, 0.6) is 11.5 Å². The first kappa shape index (κ1) is 13.5. The summed E-state index contributed by atoms with van der Waals surface area (Å²) in [6, 6.07) is 3.58. The number of nitrogen functional groups attached to an aromatic ring is 1. The second-order valence-corrected chi connectivity index (χ2v) is 4.92. The van der Waals surface area contributed by atoms with Gasteiger partial charge in [-0.15, -0.1) is 0 Å². The molecule has 3 N–H and O–H groups in total. The number of nitrogens with two attached hydrogens (primary N) is 1. The van der Waals surface area contributed by atoms with Crippen LogP contribution in [-0.2, 0) is 4.74 Å². The maximum absolute atomic E-state index is 12.3. The Kier molecular flexibility index (Phi) is 2.90. The number of rotatable bonds is 3. The number of aromatic nitrogens is 2. The van der Waals surface area contributed by atoms with E-state index in [4.69, 9.17) is 24.4 Å². The van der Waals surface area contributed by atoms with E-state index in [1.165, 1.54) is 6.26 Å². The minimum absolute atomic E-state index is 0.0184. The number of hydrogen-bond acceptors (Lipinski definition) is 7. The highest BCUT2D eigenvalue weighted by molar-refractivity contribution is 6.08. The molecule has 0 radical (unpaired) electrons. The van der Waals surface area contributed by atoms with Gasteiger partial charge in [0.15, 0.2) is 11.5 Å². The maximum atomic E-state index is 12.3. The van der Waals surface area contributed by atoms with E-state index < -0.39 is 5.97 Å². The number of nitrogens with one attached hydrogen (secondary N) is 1. The number of benzene rings is 1. The molecule has 8 heteroatoms. The second-order valence-electron chi connectivity index (χ2n) is 4.92. The van der Waals surface area contributed by atoms with E-state index in [0.717, 1.165) is 5.39 Å². The van der Waals surface area contributed by atoms with Gasteiger partial charge in [0, 0.05) is 17.0 Å². The number of ether oxygens (including phenoxy) is 3. The van der Waals surface area contributed by atoms with Crippen molar-refractivity contribution in [1.29, 1.82) is 0 Å². The summed E-state index contributed by atoms with van der Waals surface area (Å²) < 4.78 is 20.9. The Morgan fingerprint density at radius 2 is 2.17 bits per heavy atom. The van der Waals surface area contributed by atoms with Gasteiger partial charge in [-0.1, -0.05) is 0 Å². The van der Waals surface area contributed by atoms with Gasteiger partial charge in [-0.05, 0) is 13.0 Å². The lowest BCUT2D eigenvalue weighted by Gasteiger charge is -2.02. The van der Waals surface area contributed by atoms with Crippen LogP contribution in [0.15, 0.2) is 22.8 Å². The minimum Gasteiger partial charge on any atom is -0.461 e. The number of carbonyl (C=O) groups is 1. The van der Waals surface area contributed by atoms with Crippen LogP contribution in [0.1, 0.15) is 17.4 Å². The van der Waals surface area contributed by atoms with Gasteiger partial charge < -0.3 is 29.3 Å². The van der Waals surface area contributed by atoms with Crippen LogP contribution in [0.25, 0.3) is 22.2 Å². The Bertz CT molecular complexity index is 911. The van der Waals surface area contributed by atoms with Crippen LogP contribution in [0.4, 0.5) is 6.01 Å². The molecule has 0 atom stereocenters. The number of nitrogens with zero attached hydrogens (tertiary/aromatic N) is 1. The number of anilines is 1. The molecule has 1 aliphatic rings. The van der Waals surface area contributed by atoms with Gasteiger partial charge in [0.2, 0.25) is 6.79 Å². The van der Waals surface area contributed by atoms with Crippen molar-refractivity contribution in [2.45, 2.75) is 6.92 Å². The fraction of sp³-hybridized carbons (Fsp3) is 0.200. The fourth-order valence-corrected chi connectivity index (χ4v) is 2.61. The molecule has 0 amide bonds. The SMILES string of the molecule is CCOC(=O)c1[nH]c2cc3c(cc2c1-c1coc(N)n1)OCO3. The van der Waals surface area contributed by atoms with Gasteiger partial charge >= 0.3 is 5.97 Å². The highest BCUT2D eigenvalue weighted by atomic mass is 16.7. The van der Waals surface area contributed by atoms with Crippen molar-refractivity contribution in [1.82, 2.24) is 9.97 Å². The van der Waals surface area contributed by atoms with Gasteiger partial charge in [0.25, 0.3) is 6.01 Å². The number of fused-ring (bicyclic) bond motifs is 2. The van der Waals surface area contributed by atoms with Crippen LogP contribution in [0.3, 0.4) is 0 Å². The van der Waals surface area contributed by atoms with Gasteiger partial charge in [0.05, 0.1) is 12.1 Å². The van der Waals surface area contributed by atoms with E-state index in [2.05, 4.69) is 9.97 Å². The Balaban J connectivity index is 1.98. The van der Waals surface area contributed by atoms with Crippen molar-refractivity contribution >= 4 is 22.9 Å². The van der Waals surface area contributed by atoms with Crippen molar-refractivity contribution in [3.8, 4) is 22.8 Å². The zero-order valence-corrected chi connectivity index (χ0v) is 12.2. The number of carbonyl (C=O) groups excluding carboxylic acids is 1. The highest BCUT2D eigenvalue weighted by Crippen LogP contribution is 2.41. The summed E-state index contributed by atoms with van der Waals surface area (Å²) >= 11 is 0. The van der Waals surface area contributed by atoms with Gasteiger partial charge in [-0.2, -0.15) is 4.98 Å². The van der Waals surface area contributed by atoms with E-state index in [1.54, 1.807) is 19.1 Å². The number of oxazole rings is 1. The standard InChI is InChI=1S/C15H13N3O5/c1-2-20-14(19)13-12(9-5-21-15(16)18-9)7-3-10-11(23-6-22-10)4-8(7)17-13/h3-5,17H,2,6H2,1H3,(H2,16,18). The number of esters is 1. The summed E-state index contributed by atoms with van der Waals surface area (Å²) in [7, 11) is 0. The predicted octanol–water partition coefficient (Wildman–Crippen LogP) is 2.31. The van der Waals surface area contributed by atoms with Crippen molar-refractivity contribution in [3.63, 3.8) is 0 Å². The third kappa shape index (κ3) is 2.07. The lowest BCUT2D eigenvalue weighted by Crippen LogP contribution is -2.06. The molecule has 0 fully saturated rings. The third-order valence-electron chi connectivity index (χ3n) is 3.55. The molecule has 1 aromatic carbocycles. The molecule has 0 aliphatic carbocycles. The van der Waals surface area contributed by atoms with Gasteiger partial charge in [-0.3, -0.25) is 0 Å². The van der Waals surface area contributed by atoms with Crippen LogP contribution in [-0.4, -0.2) is 29.3 Å². The summed E-state index contributed by atoms with van der Waals surface area (Å²) in [6.07, 6.45) is 1.39. The Morgan fingerprint density at radius 1 is 1.39 bits per heavy atom. The summed E-state index contributed by atoms with van der Waals surface area (Å²) in [5, 5.41) is 0.741. The first-order chi connectivity index (χ1) is 11.2. The number of hydrogen-bond donors (Lipinski definition) is 2. The van der Waals surface area contributed by atoms with Gasteiger partial charge in [0.1, 0.15) is 17.7 Å². The Labute approximate surface area is 130 Å². The normalized spacial score (nSPS) is 12.7. The smallest absolute Gasteiger partial charge is 0.355 e. The Morgan fingerprint density at radius 3 is 2.87 bits per heavy atom. The molecule has 118 valence electrons. The average Bonchev–Trinajstić information content (AvgIpc) is 3.22. The fourth-order valence-electron chi connectivity index (χ4n) is 2.61. The molecule has 8 nitrogen and oxygen atoms in total. The number of aromatic amines is 1. The van der Waals surface area contributed by atoms with Crippen molar-refractivity contribution in [2.24, 2.45) is 0 Å². The highest BCUT2D eigenvalue weighted by Gasteiger charge is 2.25. The molecule has 3 heterocycles. The van der Waals surface area contributed by atoms with E-state index in [9.17, 15) is 4.79 Å². The van der Waals surface area contributed by atoms with Gasteiger partial charge in [-0.25, -0.2) is 4.79 Å². The third-order valence-corrected chi connectivity index (χ3v) is 3.55. The van der Waals surface area contributed by atoms with E-state index in [0.29, 0.717) is 28.3 Å². The lowest BCUT2D eigenvalue weighted by atomic mass is 10.1. The van der Waals surface area contributed by atoms with E-state index in [-0.39, 0.29) is 25.1 Å². The Hall–Kier alpha value is -3.16. The topological polar surface area (TPSA) is 113 Å². The molecule has 0 unspecified atom stereocenters. The molecule has 0 saturated carbocycles. The zero-order valence-electron chi connectivity index (χ0n) is 12.2. The van der Waals surface area contributed by atoms with E-state index in [1.807, 2.05) is 0 Å². The summed E-state index contributed by atoms with van der Waals surface area (Å²) in [6.45, 7) is 2.17. The van der Waals surface area contributed by atoms with Crippen LogP contribution < -0.4 is 15.2 Å². The molecule has 1 aliphatic heterocycles. The molecule has 0 bridgehead atoms. The van der Waals surface area contributed by atoms with Crippen molar-refractivity contribution < 1.29 is 23.4 Å². The van der Waals surface area contributed by atoms with Crippen LogP contribution in [0.2, 0.25) is 0 Å². The lowest BCUT2D eigenvalue weighted by molar-refractivity contribution is 0.0521. The molecular weight excluding hydrogens is 302 g/mol. The summed E-state index contributed by atoms with van der Waals surface area (Å²) in [5.74, 6) is 0.729. The maximum Gasteiger partial charge on any atom is 0.355 e. The first-order valence-corrected chi connectivity index (χ1v) is 7.01. The molecule has 4 rings (SSSR count). The van der Waals surface area contributed by atoms with Crippen molar-refractivity contribution in [3.05, 3.63) is 24.1 Å². The molecular formula is C15H13N3O5.